The van der Waals surface area contributed by atoms with E-state index in [1.54, 1.807) is 0 Å². The topological polar surface area (TPSA) is 28.5 Å². The summed E-state index contributed by atoms with van der Waals surface area (Å²) in [6.07, 6.45) is 0. The van der Waals surface area contributed by atoms with Gasteiger partial charge < -0.3 is 5.48 Å². The van der Waals surface area contributed by atoms with Crippen molar-refractivity contribution in [2.75, 3.05) is 0 Å². The summed E-state index contributed by atoms with van der Waals surface area (Å²) < 4.78 is 0. The van der Waals surface area contributed by atoms with Crippen LogP contribution in [0.2, 0.25) is 0 Å². The summed E-state index contributed by atoms with van der Waals surface area (Å²) in [4.78, 5) is 0. The quantitative estimate of drug-likeness (QED) is 0.409. The van der Waals surface area contributed by atoms with Gasteiger partial charge in [0.1, 0.15) is 0 Å². The zero-order valence-electron chi connectivity index (χ0n) is 1.10. The molecule has 1 radical (unpaired) electrons. The zero-order valence-corrected chi connectivity index (χ0v) is 3.27. The number of rotatable bonds is 0. The molecule has 0 aliphatic carbocycles. The van der Waals surface area contributed by atoms with Crippen molar-refractivity contribution in [2.45, 2.75) is 0 Å². The van der Waals surface area contributed by atoms with E-state index in [1.807, 2.05) is 0 Å². The molecule has 4 heteroatoms. The summed E-state index contributed by atoms with van der Waals surface area (Å²) in [6, 6.07) is 0. The molecule has 0 aromatic carbocycles. The van der Waals surface area contributed by atoms with Crippen molar-refractivity contribution in [3.8, 4) is 0 Å². The molecule has 0 bridgehead atoms. The fraction of sp³-hybridized carbons (Fsp3) is 0. The second-order valence-corrected chi connectivity index (χ2v) is 0. The largest absolute Gasteiger partial charge is 2.00 e. The standard InChI is InChI=1S/Mn.Na.Ni.O.H/q+2;;;-2;. The van der Waals surface area contributed by atoms with E-state index in [0.29, 0.717) is 0 Å². The van der Waals surface area contributed by atoms with Crippen LogP contribution in [0.5, 0.6) is 0 Å². The van der Waals surface area contributed by atoms with Crippen LogP contribution < -0.4 is 0 Å². The predicted octanol–water partition coefficient (Wildman–Crippen LogP) is -0.772. The minimum absolute atomic E-state index is 0. The van der Waals surface area contributed by atoms with E-state index in [4.69, 9.17) is 0 Å². The molecule has 0 aliphatic heterocycles. The van der Waals surface area contributed by atoms with Crippen LogP contribution in [-0.2, 0) is 39.0 Å². The Morgan fingerprint density at radius 3 is 1.00 bits per heavy atom. The van der Waals surface area contributed by atoms with E-state index in [9.17, 15) is 0 Å². The van der Waals surface area contributed by atoms with Crippen molar-refractivity contribution in [1.29, 1.82) is 0 Å². The third kappa shape index (κ3) is 9.02. The molecule has 0 N–H and O–H groups in total. The van der Waals surface area contributed by atoms with Gasteiger partial charge in [0.05, 0.1) is 0 Å². The molecule has 0 heterocycles. The van der Waals surface area contributed by atoms with Gasteiger partial charge in [0.25, 0.3) is 0 Å². The van der Waals surface area contributed by atoms with Crippen LogP contribution in [0.25, 0.3) is 0 Å². The Morgan fingerprint density at radius 2 is 1.00 bits per heavy atom. The Hall–Kier alpha value is 1.97. The van der Waals surface area contributed by atoms with Gasteiger partial charge in [0.15, 0.2) is 0 Å². The number of hydrogen-bond donors (Lipinski definition) is 0. The fourth-order valence-corrected chi connectivity index (χ4v) is 0. The Labute approximate surface area is 67.9 Å². The first kappa shape index (κ1) is 37.9. The van der Waals surface area contributed by atoms with Crippen molar-refractivity contribution in [1.82, 2.24) is 0 Å². The van der Waals surface area contributed by atoms with E-state index < -0.39 is 0 Å². The summed E-state index contributed by atoms with van der Waals surface area (Å²) >= 11 is 0. The van der Waals surface area contributed by atoms with Crippen LogP contribution in [0.15, 0.2) is 0 Å². The van der Waals surface area contributed by atoms with Gasteiger partial charge in [-0.25, -0.2) is 0 Å². The summed E-state index contributed by atoms with van der Waals surface area (Å²) in [5, 5.41) is 0. The maximum atomic E-state index is 0. The molecule has 0 spiro atoms. The van der Waals surface area contributed by atoms with Crippen molar-refractivity contribution < 1.29 is 39.0 Å². The smallest absolute Gasteiger partial charge is 0 e. The molecule has 0 saturated heterocycles. The van der Waals surface area contributed by atoms with Crippen LogP contribution in [0, 0.1) is 0 Å². The minimum atomic E-state index is 0. The summed E-state index contributed by atoms with van der Waals surface area (Å²) in [5.74, 6) is 0. The van der Waals surface area contributed by atoms with Gasteiger partial charge >= 0.3 is 46.6 Å². The van der Waals surface area contributed by atoms with Gasteiger partial charge in [-0.3, -0.25) is 0 Å². The van der Waals surface area contributed by atoms with Crippen molar-refractivity contribution in [2.24, 2.45) is 0 Å². The van der Waals surface area contributed by atoms with Crippen molar-refractivity contribution >= 4 is 29.6 Å². The molecule has 0 atom stereocenters. The second kappa shape index (κ2) is 20.2. The molecule has 0 rings (SSSR count). The average molecular weight is 154 g/mol. The van der Waals surface area contributed by atoms with Gasteiger partial charge in [-0.1, -0.05) is 0 Å². The third-order valence-corrected chi connectivity index (χ3v) is 0. The molecule has 0 aromatic rings. The first-order chi connectivity index (χ1) is 0. The molecule has 0 aliphatic rings. The monoisotopic (exact) mass is 153 g/mol. The Morgan fingerprint density at radius 1 is 1.00 bits per heavy atom. The summed E-state index contributed by atoms with van der Waals surface area (Å²) in [7, 11) is 0. The molecule has 0 unspecified atom stereocenters. The molecule has 0 amide bonds. The first-order valence-corrected chi connectivity index (χ1v) is 0. The van der Waals surface area contributed by atoms with E-state index in [-0.39, 0.29) is 68.6 Å². The zero-order chi connectivity index (χ0) is 0. The van der Waals surface area contributed by atoms with Crippen LogP contribution in [0.3, 0.4) is 0 Å². The Kier molecular flexibility index (Phi) is 191. The minimum Gasteiger partial charge on any atom is -2.00 e. The van der Waals surface area contributed by atoms with E-state index in [1.165, 1.54) is 0 Å². The maximum Gasteiger partial charge on any atom is 0 e. The summed E-state index contributed by atoms with van der Waals surface area (Å²) in [5.41, 5.74) is 0. The van der Waals surface area contributed by atoms with E-state index in [0.717, 1.165) is 0 Å². The molecule has 4 heavy (non-hydrogen) atoms. The van der Waals surface area contributed by atoms with Gasteiger partial charge in [-0.05, 0) is 0 Å². The maximum absolute atomic E-state index is 0. The van der Waals surface area contributed by atoms with Crippen LogP contribution in [-0.4, -0.2) is 29.6 Å². The first-order valence-electron chi connectivity index (χ1n) is 0. The van der Waals surface area contributed by atoms with Crippen LogP contribution in [0.1, 0.15) is 0 Å². The second-order valence-electron chi connectivity index (χ2n) is 0. The fourth-order valence-electron chi connectivity index (χ4n) is 0. The van der Waals surface area contributed by atoms with Crippen LogP contribution >= 0.6 is 0 Å². The van der Waals surface area contributed by atoms with Gasteiger partial charge in [-0.15, -0.1) is 0 Å². The molecule has 1 nitrogen and oxygen atoms in total. The molecular formula is HMnNaNiO. The third-order valence-electron chi connectivity index (χ3n) is 0. The predicted molar refractivity (Wildman–Crippen MR) is 7.84 cm³/mol. The molecule has 25 valence electrons. The summed E-state index contributed by atoms with van der Waals surface area (Å²) in [6.45, 7) is 0. The Bertz CT molecular complexity index is 8.00. The average Bonchev–Trinajstić information content (AvgIpc) is 0. The van der Waals surface area contributed by atoms with Crippen molar-refractivity contribution in [3.63, 3.8) is 0 Å². The van der Waals surface area contributed by atoms with E-state index in [2.05, 4.69) is 0 Å². The molecule has 0 saturated carbocycles. The van der Waals surface area contributed by atoms with Gasteiger partial charge in [-0.2, -0.15) is 0 Å². The molecular weight excluding hydrogens is 153 g/mol. The van der Waals surface area contributed by atoms with Crippen LogP contribution in [0.4, 0.5) is 0 Å². The normalized spacial score (nSPS) is 0. The number of hydrogen-bond acceptors (Lipinski definition) is 0. The Balaban J connectivity index is 0. The molecule has 0 fully saturated rings. The van der Waals surface area contributed by atoms with Gasteiger partial charge in [0, 0.05) is 16.5 Å². The van der Waals surface area contributed by atoms with E-state index >= 15 is 0 Å². The molecule has 0 aromatic heterocycles. The SMILES string of the molecule is [Mn+2].[NaH].[Ni].[O-2]. The van der Waals surface area contributed by atoms with Crippen molar-refractivity contribution in [3.05, 3.63) is 0 Å². The van der Waals surface area contributed by atoms with Gasteiger partial charge in [0.2, 0.25) is 0 Å².